The zero-order valence-electron chi connectivity index (χ0n) is 9.74. The molecule has 0 aliphatic heterocycles. The van der Waals surface area contributed by atoms with Gasteiger partial charge in [0.25, 0.3) is 0 Å². The van der Waals surface area contributed by atoms with E-state index < -0.39 is 0 Å². The fourth-order valence-electron chi connectivity index (χ4n) is 1.90. The largest absolute Gasteiger partial charge is 0.271 e. The Bertz CT molecular complexity index is 531. The van der Waals surface area contributed by atoms with Gasteiger partial charge >= 0.3 is 0 Å². The van der Waals surface area contributed by atoms with Crippen LogP contribution in [0.1, 0.15) is 17.2 Å². The van der Waals surface area contributed by atoms with Gasteiger partial charge in [0, 0.05) is 10.6 Å². The van der Waals surface area contributed by atoms with Gasteiger partial charge in [-0.15, -0.1) is 0 Å². The van der Waals surface area contributed by atoms with Crippen LogP contribution in [0.25, 0.3) is 0 Å². The maximum Gasteiger partial charge on any atom is 0.128 e. The minimum atomic E-state index is -0.300. The van der Waals surface area contributed by atoms with Crippen LogP contribution in [0, 0.1) is 5.82 Å². The molecule has 0 saturated carbocycles. The molecule has 1 unspecified atom stereocenters. The Hall–Kier alpha value is -1.42. The second-order valence-electron chi connectivity index (χ2n) is 4.04. The van der Waals surface area contributed by atoms with Gasteiger partial charge in [0.15, 0.2) is 0 Å². The number of hydrazine groups is 1. The molecule has 0 fully saturated rings. The average Bonchev–Trinajstić information content (AvgIpc) is 2.39. The third-order valence-electron chi connectivity index (χ3n) is 2.86. The van der Waals surface area contributed by atoms with E-state index in [1.54, 1.807) is 18.2 Å². The molecular formula is C14H14ClFN2. The van der Waals surface area contributed by atoms with E-state index in [9.17, 15) is 4.39 Å². The molecule has 0 saturated heterocycles. The van der Waals surface area contributed by atoms with Gasteiger partial charge in [0.1, 0.15) is 5.82 Å². The Morgan fingerprint density at radius 1 is 1.11 bits per heavy atom. The summed E-state index contributed by atoms with van der Waals surface area (Å²) in [6.07, 6.45) is 0.539. The van der Waals surface area contributed by atoms with Gasteiger partial charge in [0.05, 0.1) is 6.04 Å². The quantitative estimate of drug-likeness (QED) is 0.657. The molecule has 0 aliphatic rings. The van der Waals surface area contributed by atoms with Crippen molar-refractivity contribution in [1.29, 1.82) is 0 Å². The summed E-state index contributed by atoms with van der Waals surface area (Å²) in [5, 5.41) is 0.661. The summed E-state index contributed by atoms with van der Waals surface area (Å²) < 4.78 is 13.7. The molecule has 0 aromatic heterocycles. The van der Waals surface area contributed by atoms with Crippen molar-refractivity contribution in [3.05, 3.63) is 70.5 Å². The van der Waals surface area contributed by atoms with Crippen LogP contribution in [-0.2, 0) is 6.42 Å². The molecule has 0 heterocycles. The number of rotatable bonds is 4. The topological polar surface area (TPSA) is 38.0 Å². The number of benzene rings is 2. The van der Waals surface area contributed by atoms with Crippen LogP contribution < -0.4 is 11.3 Å². The molecule has 2 nitrogen and oxygen atoms in total. The molecule has 0 amide bonds. The number of nitrogens with one attached hydrogen (secondary N) is 1. The Morgan fingerprint density at radius 3 is 2.44 bits per heavy atom. The van der Waals surface area contributed by atoms with Crippen LogP contribution in [0.15, 0.2) is 48.5 Å². The fourth-order valence-corrected chi connectivity index (χ4v) is 2.11. The van der Waals surface area contributed by atoms with E-state index in [-0.39, 0.29) is 11.9 Å². The van der Waals surface area contributed by atoms with Crippen molar-refractivity contribution >= 4 is 11.6 Å². The van der Waals surface area contributed by atoms with Crippen molar-refractivity contribution in [2.45, 2.75) is 12.5 Å². The zero-order chi connectivity index (χ0) is 13.0. The molecular weight excluding hydrogens is 251 g/mol. The molecule has 2 rings (SSSR count). The summed E-state index contributed by atoms with van der Waals surface area (Å²) >= 11 is 6.09. The van der Waals surface area contributed by atoms with Gasteiger partial charge < -0.3 is 0 Å². The van der Waals surface area contributed by atoms with E-state index in [2.05, 4.69) is 5.43 Å². The number of halogens is 2. The lowest BCUT2D eigenvalue weighted by atomic mass is 9.99. The van der Waals surface area contributed by atoms with Crippen molar-refractivity contribution in [3.63, 3.8) is 0 Å². The van der Waals surface area contributed by atoms with Crippen molar-refractivity contribution in [1.82, 2.24) is 5.43 Å². The Morgan fingerprint density at radius 2 is 1.78 bits per heavy atom. The highest BCUT2D eigenvalue weighted by atomic mass is 35.5. The molecule has 18 heavy (non-hydrogen) atoms. The minimum Gasteiger partial charge on any atom is -0.271 e. The van der Waals surface area contributed by atoms with Crippen molar-refractivity contribution in [2.75, 3.05) is 0 Å². The molecule has 3 N–H and O–H groups in total. The van der Waals surface area contributed by atoms with Crippen molar-refractivity contribution in [2.24, 2.45) is 5.84 Å². The monoisotopic (exact) mass is 264 g/mol. The Labute approximate surface area is 111 Å². The highest BCUT2D eigenvalue weighted by Gasteiger charge is 2.15. The van der Waals surface area contributed by atoms with Crippen molar-refractivity contribution < 1.29 is 4.39 Å². The van der Waals surface area contributed by atoms with Gasteiger partial charge in [0.2, 0.25) is 0 Å². The molecule has 2 aromatic carbocycles. The molecule has 1 atom stereocenters. The third kappa shape index (κ3) is 2.88. The van der Waals surface area contributed by atoms with Crippen LogP contribution in [-0.4, -0.2) is 0 Å². The lowest BCUT2D eigenvalue weighted by Crippen LogP contribution is -2.30. The second kappa shape index (κ2) is 5.96. The van der Waals surface area contributed by atoms with Crippen LogP contribution in [0.3, 0.4) is 0 Å². The van der Waals surface area contributed by atoms with Crippen LogP contribution in [0.5, 0.6) is 0 Å². The lowest BCUT2D eigenvalue weighted by Gasteiger charge is -2.17. The van der Waals surface area contributed by atoms with Gasteiger partial charge in [-0.3, -0.25) is 11.3 Å². The number of hydrogen-bond donors (Lipinski definition) is 2. The number of hydrogen-bond acceptors (Lipinski definition) is 2. The lowest BCUT2D eigenvalue weighted by molar-refractivity contribution is 0.510. The van der Waals surface area contributed by atoms with E-state index in [1.807, 2.05) is 24.3 Å². The molecule has 0 aliphatic carbocycles. The van der Waals surface area contributed by atoms with Gasteiger partial charge in [-0.05, 0) is 24.1 Å². The Balaban J connectivity index is 2.26. The average molecular weight is 265 g/mol. The molecule has 0 spiro atoms. The molecule has 4 heteroatoms. The summed E-state index contributed by atoms with van der Waals surface area (Å²) in [5.41, 5.74) is 4.11. The fraction of sp³-hybridized carbons (Fsp3) is 0.143. The van der Waals surface area contributed by atoms with E-state index in [4.69, 9.17) is 17.4 Å². The second-order valence-corrected chi connectivity index (χ2v) is 4.44. The minimum absolute atomic E-state index is 0.271. The summed E-state index contributed by atoms with van der Waals surface area (Å²) in [7, 11) is 0. The van der Waals surface area contributed by atoms with Crippen molar-refractivity contribution in [3.8, 4) is 0 Å². The van der Waals surface area contributed by atoms with E-state index in [0.717, 1.165) is 5.56 Å². The first-order valence-corrected chi connectivity index (χ1v) is 6.04. The van der Waals surface area contributed by atoms with E-state index in [1.165, 1.54) is 6.07 Å². The predicted octanol–water partition coefficient (Wildman–Crippen LogP) is 3.23. The highest BCUT2D eigenvalue weighted by molar-refractivity contribution is 6.31. The van der Waals surface area contributed by atoms with Gasteiger partial charge in [-0.2, -0.15) is 0 Å². The maximum absolute atomic E-state index is 13.7. The summed E-state index contributed by atoms with van der Waals surface area (Å²) in [6.45, 7) is 0. The molecule has 0 radical (unpaired) electrons. The highest BCUT2D eigenvalue weighted by Crippen LogP contribution is 2.24. The normalized spacial score (nSPS) is 12.4. The Kier molecular flexibility index (Phi) is 4.31. The smallest absolute Gasteiger partial charge is 0.128 e. The van der Waals surface area contributed by atoms with E-state index in [0.29, 0.717) is 17.0 Å². The van der Waals surface area contributed by atoms with Gasteiger partial charge in [-0.25, -0.2) is 4.39 Å². The molecule has 94 valence electrons. The summed E-state index contributed by atoms with van der Waals surface area (Å²) in [4.78, 5) is 0. The van der Waals surface area contributed by atoms with Crippen LogP contribution in [0.4, 0.5) is 4.39 Å². The SMILES string of the molecule is NNC(Cc1ccccc1Cl)c1ccccc1F. The first kappa shape index (κ1) is 13.0. The standard InChI is InChI=1S/C14H14ClFN2/c15-12-7-3-1-5-10(12)9-14(18-17)11-6-2-4-8-13(11)16/h1-8,14,18H,9,17H2. The zero-order valence-corrected chi connectivity index (χ0v) is 10.5. The number of nitrogens with two attached hydrogens (primary N) is 1. The van der Waals surface area contributed by atoms with Gasteiger partial charge in [-0.1, -0.05) is 48.0 Å². The van der Waals surface area contributed by atoms with Crippen LogP contribution >= 0.6 is 11.6 Å². The third-order valence-corrected chi connectivity index (χ3v) is 3.23. The molecule has 0 bridgehead atoms. The van der Waals surface area contributed by atoms with Crippen LogP contribution in [0.2, 0.25) is 5.02 Å². The first-order valence-electron chi connectivity index (χ1n) is 5.66. The summed E-state index contributed by atoms with van der Waals surface area (Å²) in [6, 6.07) is 13.8. The molecule has 2 aromatic rings. The summed E-state index contributed by atoms with van der Waals surface area (Å²) in [5.74, 6) is 5.24. The van der Waals surface area contributed by atoms with E-state index >= 15 is 0 Å². The maximum atomic E-state index is 13.7. The first-order chi connectivity index (χ1) is 8.72. The predicted molar refractivity (Wildman–Crippen MR) is 71.6 cm³/mol.